The van der Waals surface area contributed by atoms with Crippen LogP contribution in [-0.2, 0) is 16.0 Å². The third-order valence-corrected chi connectivity index (χ3v) is 4.31. The third-order valence-electron chi connectivity index (χ3n) is 4.31. The second kappa shape index (κ2) is 8.54. The summed E-state index contributed by atoms with van der Waals surface area (Å²) >= 11 is 0. The molecule has 0 aliphatic heterocycles. The lowest BCUT2D eigenvalue weighted by atomic mass is 10.1. The summed E-state index contributed by atoms with van der Waals surface area (Å²) in [5, 5.41) is 0. The normalized spacial score (nSPS) is 10.6. The number of aromatic nitrogens is 2. The van der Waals surface area contributed by atoms with Gasteiger partial charge in [0, 0.05) is 18.3 Å². The smallest absolute Gasteiger partial charge is 0.306 e. The van der Waals surface area contributed by atoms with Crippen LogP contribution in [0.15, 0.2) is 54.7 Å². The Labute approximate surface area is 159 Å². The number of nitrogens with zero attached hydrogens (tertiary/aromatic N) is 2. The predicted octanol–water partition coefficient (Wildman–Crippen LogP) is 4.35. The molecular formula is C22H24N2O3. The van der Waals surface area contributed by atoms with Gasteiger partial charge in [0.2, 0.25) is 0 Å². The van der Waals surface area contributed by atoms with Crippen LogP contribution in [0.5, 0.6) is 5.75 Å². The minimum Gasteiger partial charge on any atom is -0.496 e. The van der Waals surface area contributed by atoms with Crippen LogP contribution < -0.4 is 4.74 Å². The summed E-state index contributed by atoms with van der Waals surface area (Å²) in [5.41, 5.74) is 3.95. The van der Waals surface area contributed by atoms with Crippen molar-refractivity contribution < 1.29 is 14.3 Å². The lowest BCUT2D eigenvalue weighted by Crippen LogP contribution is -2.05. The summed E-state index contributed by atoms with van der Waals surface area (Å²) in [6.07, 6.45) is 2.82. The van der Waals surface area contributed by atoms with E-state index >= 15 is 0 Å². The second-order valence-corrected chi connectivity index (χ2v) is 6.27. The number of carbonyl (C=O) groups excluding carboxylic acids is 1. The van der Waals surface area contributed by atoms with Crippen molar-refractivity contribution in [3.63, 3.8) is 0 Å². The van der Waals surface area contributed by atoms with Crippen molar-refractivity contribution in [3.05, 3.63) is 66.0 Å². The first-order valence-corrected chi connectivity index (χ1v) is 9.06. The number of methoxy groups -OCH3 is 1. The van der Waals surface area contributed by atoms with Crippen LogP contribution in [0.3, 0.4) is 0 Å². The average Bonchev–Trinajstić information content (AvgIpc) is 3.11. The fourth-order valence-electron chi connectivity index (χ4n) is 2.93. The van der Waals surface area contributed by atoms with Crippen LogP contribution in [0.25, 0.3) is 17.1 Å². The van der Waals surface area contributed by atoms with Crippen LogP contribution in [-0.4, -0.2) is 29.2 Å². The van der Waals surface area contributed by atoms with Crippen molar-refractivity contribution in [2.45, 2.75) is 26.7 Å². The maximum atomic E-state index is 11.7. The molecule has 0 N–H and O–H groups in total. The lowest BCUT2D eigenvalue weighted by molar-refractivity contribution is -0.143. The van der Waals surface area contributed by atoms with Crippen molar-refractivity contribution in [1.29, 1.82) is 0 Å². The van der Waals surface area contributed by atoms with Gasteiger partial charge < -0.3 is 9.47 Å². The highest BCUT2D eigenvalue weighted by Gasteiger charge is 2.16. The summed E-state index contributed by atoms with van der Waals surface area (Å²) < 4.78 is 12.6. The number of imidazole rings is 1. The molecule has 0 saturated heterocycles. The zero-order valence-corrected chi connectivity index (χ0v) is 15.9. The summed E-state index contributed by atoms with van der Waals surface area (Å²) in [6.45, 7) is 4.26. The van der Waals surface area contributed by atoms with E-state index < -0.39 is 0 Å². The molecule has 0 unspecified atom stereocenters. The molecule has 2 aromatic carbocycles. The highest BCUT2D eigenvalue weighted by atomic mass is 16.5. The Bertz CT molecular complexity index is 914. The Morgan fingerprint density at radius 3 is 2.56 bits per heavy atom. The zero-order chi connectivity index (χ0) is 19.2. The van der Waals surface area contributed by atoms with E-state index in [0.717, 1.165) is 28.5 Å². The molecule has 0 bridgehead atoms. The van der Waals surface area contributed by atoms with Crippen molar-refractivity contribution >= 4 is 5.97 Å². The maximum Gasteiger partial charge on any atom is 0.306 e. The lowest BCUT2D eigenvalue weighted by Gasteiger charge is -2.11. The van der Waals surface area contributed by atoms with Crippen molar-refractivity contribution in [2.24, 2.45) is 0 Å². The van der Waals surface area contributed by atoms with Gasteiger partial charge in [-0.05, 0) is 38.1 Å². The Morgan fingerprint density at radius 2 is 1.85 bits per heavy atom. The summed E-state index contributed by atoms with van der Waals surface area (Å²) in [6, 6.07) is 16.1. The van der Waals surface area contributed by atoms with E-state index in [1.165, 1.54) is 5.56 Å². The van der Waals surface area contributed by atoms with Gasteiger partial charge in [0.1, 0.15) is 11.6 Å². The van der Waals surface area contributed by atoms with Crippen LogP contribution in [0, 0.1) is 6.92 Å². The minimum atomic E-state index is -0.207. The highest BCUT2D eigenvalue weighted by molar-refractivity contribution is 5.70. The van der Waals surface area contributed by atoms with Gasteiger partial charge in [-0.1, -0.05) is 29.8 Å². The Balaban J connectivity index is 2.01. The van der Waals surface area contributed by atoms with Crippen LogP contribution in [0.2, 0.25) is 0 Å². The highest BCUT2D eigenvalue weighted by Crippen LogP contribution is 2.31. The van der Waals surface area contributed by atoms with E-state index in [1.807, 2.05) is 42.0 Å². The fourth-order valence-corrected chi connectivity index (χ4v) is 2.93. The van der Waals surface area contributed by atoms with E-state index in [-0.39, 0.29) is 5.97 Å². The molecule has 0 saturated carbocycles. The predicted molar refractivity (Wildman–Crippen MR) is 105 cm³/mol. The van der Waals surface area contributed by atoms with Crippen LogP contribution in [0.1, 0.15) is 24.6 Å². The quantitative estimate of drug-likeness (QED) is 0.585. The van der Waals surface area contributed by atoms with Gasteiger partial charge in [-0.2, -0.15) is 0 Å². The molecule has 0 spiro atoms. The molecule has 0 aliphatic rings. The van der Waals surface area contributed by atoms with Gasteiger partial charge in [-0.25, -0.2) is 4.98 Å². The minimum absolute atomic E-state index is 0.207. The number of para-hydroxylation sites is 1. The molecule has 27 heavy (non-hydrogen) atoms. The van der Waals surface area contributed by atoms with E-state index in [0.29, 0.717) is 19.4 Å². The number of aryl methyl sites for hydroxylation is 2. The molecule has 3 aromatic rings. The number of hydrogen-bond acceptors (Lipinski definition) is 4. The molecule has 0 radical (unpaired) electrons. The van der Waals surface area contributed by atoms with Crippen molar-refractivity contribution in [2.75, 3.05) is 13.7 Å². The topological polar surface area (TPSA) is 53.4 Å². The maximum absolute atomic E-state index is 11.7. The molecule has 1 heterocycles. The van der Waals surface area contributed by atoms with Crippen LogP contribution >= 0.6 is 0 Å². The first-order chi connectivity index (χ1) is 13.1. The second-order valence-electron chi connectivity index (χ2n) is 6.27. The average molecular weight is 364 g/mol. The summed E-state index contributed by atoms with van der Waals surface area (Å²) in [4.78, 5) is 16.5. The van der Waals surface area contributed by atoms with Gasteiger partial charge in [0.25, 0.3) is 0 Å². The largest absolute Gasteiger partial charge is 0.496 e. The molecule has 3 rings (SSSR count). The molecule has 5 nitrogen and oxygen atoms in total. The van der Waals surface area contributed by atoms with Gasteiger partial charge in [0.15, 0.2) is 0 Å². The molecule has 0 atom stereocenters. The van der Waals surface area contributed by atoms with E-state index in [4.69, 9.17) is 14.5 Å². The monoisotopic (exact) mass is 364 g/mol. The van der Waals surface area contributed by atoms with Gasteiger partial charge in [0.05, 0.1) is 31.4 Å². The van der Waals surface area contributed by atoms with Gasteiger partial charge >= 0.3 is 5.97 Å². The third kappa shape index (κ3) is 4.37. The molecular weight excluding hydrogens is 340 g/mol. The first kappa shape index (κ1) is 18.7. The number of hydrogen-bond donors (Lipinski definition) is 0. The molecule has 0 amide bonds. The van der Waals surface area contributed by atoms with E-state index in [2.05, 4.69) is 31.2 Å². The fraction of sp³-hybridized carbons (Fsp3) is 0.273. The van der Waals surface area contributed by atoms with Crippen molar-refractivity contribution in [3.8, 4) is 22.8 Å². The Morgan fingerprint density at radius 1 is 1.11 bits per heavy atom. The number of carbonyl (C=O) groups is 1. The summed E-state index contributed by atoms with van der Waals surface area (Å²) in [7, 11) is 1.65. The number of esters is 1. The molecule has 0 fully saturated rings. The summed E-state index contributed by atoms with van der Waals surface area (Å²) in [5.74, 6) is 1.34. The SMILES string of the molecule is CCOC(=O)CCc1cn(-c2ccc(C)cc2)c(-c2ccccc2OC)n1. The zero-order valence-electron chi connectivity index (χ0n) is 15.9. The van der Waals surface area contributed by atoms with E-state index in [9.17, 15) is 4.79 Å². The van der Waals surface area contributed by atoms with Gasteiger partial charge in [-0.3, -0.25) is 9.36 Å². The van der Waals surface area contributed by atoms with Gasteiger partial charge in [-0.15, -0.1) is 0 Å². The van der Waals surface area contributed by atoms with Crippen molar-refractivity contribution in [1.82, 2.24) is 9.55 Å². The Kier molecular flexibility index (Phi) is 5.91. The van der Waals surface area contributed by atoms with Crippen LogP contribution in [0.4, 0.5) is 0 Å². The number of rotatable bonds is 7. The number of ether oxygens (including phenoxy) is 2. The molecule has 0 aliphatic carbocycles. The first-order valence-electron chi connectivity index (χ1n) is 9.06. The van der Waals surface area contributed by atoms with E-state index in [1.54, 1.807) is 7.11 Å². The standard InChI is InChI=1S/C22H24N2O3/c1-4-27-21(25)14-11-17-15-24(18-12-9-16(2)10-13-18)22(23-17)19-7-5-6-8-20(19)26-3/h5-10,12-13,15H,4,11,14H2,1-3H3. The molecule has 5 heteroatoms. The Hall–Kier alpha value is -3.08. The number of benzene rings is 2. The molecule has 1 aromatic heterocycles. The molecule has 140 valence electrons.